The van der Waals surface area contributed by atoms with E-state index in [1.807, 2.05) is 0 Å². The summed E-state index contributed by atoms with van der Waals surface area (Å²) < 4.78 is 4.38. The van der Waals surface area contributed by atoms with Crippen LogP contribution in [0.15, 0.2) is 0 Å². The third kappa shape index (κ3) is 8.97. The molecule has 0 aliphatic heterocycles. The smallest absolute Gasteiger partial charge is 0.345 e. The predicted molar refractivity (Wildman–Crippen MR) is 80.2 cm³/mol. The zero-order chi connectivity index (χ0) is 17.8. The average molecular weight is 336 g/mol. The molecule has 23 heavy (non-hydrogen) atoms. The molecule has 0 unspecified atom stereocenters. The molecule has 0 aliphatic rings. The Kier molecular flexibility index (Phi) is 11.8. The van der Waals surface area contributed by atoms with Crippen molar-refractivity contribution in [3.05, 3.63) is 0 Å². The van der Waals surface area contributed by atoms with Crippen LogP contribution in [0.5, 0.6) is 0 Å². The highest BCUT2D eigenvalue weighted by atomic mass is 16.6. The molecule has 0 spiro atoms. The van der Waals surface area contributed by atoms with Crippen LogP contribution in [0.1, 0.15) is 51.9 Å². The van der Waals surface area contributed by atoms with Gasteiger partial charge in [-0.2, -0.15) is 0 Å². The number of ether oxygens (including phenoxy) is 1. The molecular formula is C15H28O8. The van der Waals surface area contributed by atoms with Gasteiger partial charge in [-0.1, -0.05) is 39.0 Å². The zero-order valence-electron chi connectivity index (χ0n) is 13.4. The summed E-state index contributed by atoms with van der Waals surface area (Å²) >= 11 is 0. The molecule has 0 radical (unpaired) electrons. The summed E-state index contributed by atoms with van der Waals surface area (Å²) in [6.07, 6.45) is -2.22. The highest BCUT2D eigenvalue weighted by molar-refractivity contribution is 5.88. The van der Waals surface area contributed by atoms with Gasteiger partial charge in [-0.25, -0.2) is 4.79 Å². The van der Waals surface area contributed by atoms with Crippen LogP contribution < -0.4 is 0 Å². The molecule has 4 atom stereocenters. The molecule has 0 aliphatic carbocycles. The normalized spacial score (nSPS) is 16.4. The molecule has 0 bridgehead atoms. The minimum absolute atomic E-state index is 0.0164. The Morgan fingerprint density at radius 3 is 2.04 bits per heavy atom. The lowest BCUT2D eigenvalue weighted by atomic mass is 10.0. The maximum Gasteiger partial charge on any atom is 0.345 e. The Labute approximate surface area is 135 Å². The molecule has 0 heterocycles. The monoisotopic (exact) mass is 336 g/mol. The topological polar surface area (TPSA) is 145 Å². The number of carbonyl (C=O) groups is 2. The molecule has 0 rings (SSSR count). The standard InChI is InChI=1S/C15H28O8/c1-2-3-4-5-6-7-8-11(18)23-15(22)14(21)13(20)12(19)10(17)9-16/h10,12-14,16-17,19-21H,2-9H2,1H3/t10-,12-,13+,14-/m1/s1. The number of aliphatic hydroxyl groups is 5. The molecule has 0 aromatic rings. The number of hydrogen-bond donors (Lipinski definition) is 5. The van der Waals surface area contributed by atoms with E-state index in [9.17, 15) is 24.9 Å². The molecule has 136 valence electrons. The van der Waals surface area contributed by atoms with E-state index in [0.717, 1.165) is 32.1 Å². The van der Waals surface area contributed by atoms with E-state index in [-0.39, 0.29) is 6.42 Å². The molecular weight excluding hydrogens is 308 g/mol. The second kappa shape index (κ2) is 12.4. The fourth-order valence-corrected chi connectivity index (χ4v) is 1.94. The van der Waals surface area contributed by atoms with Crippen molar-refractivity contribution in [1.29, 1.82) is 0 Å². The second-order valence-corrected chi connectivity index (χ2v) is 5.49. The first-order chi connectivity index (χ1) is 10.8. The van der Waals surface area contributed by atoms with Gasteiger partial charge in [0.2, 0.25) is 0 Å². The Bertz CT molecular complexity index is 346. The van der Waals surface area contributed by atoms with Gasteiger partial charge >= 0.3 is 11.9 Å². The number of hydrogen-bond acceptors (Lipinski definition) is 8. The SMILES string of the molecule is CCCCCCCCC(=O)OC(=O)[C@H](O)[C@@H](O)[C@H](O)[C@H](O)CO. The molecule has 0 aromatic carbocycles. The summed E-state index contributed by atoms with van der Waals surface area (Å²) in [7, 11) is 0. The van der Waals surface area contributed by atoms with Gasteiger partial charge in [-0.15, -0.1) is 0 Å². The van der Waals surface area contributed by atoms with E-state index < -0.39 is 43.0 Å². The Morgan fingerprint density at radius 2 is 1.48 bits per heavy atom. The Balaban J connectivity index is 4.08. The fourth-order valence-electron chi connectivity index (χ4n) is 1.94. The highest BCUT2D eigenvalue weighted by Crippen LogP contribution is 2.10. The number of unbranched alkanes of at least 4 members (excludes halogenated alkanes) is 5. The van der Waals surface area contributed by atoms with Crippen molar-refractivity contribution in [1.82, 2.24) is 0 Å². The van der Waals surface area contributed by atoms with Crippen LogP contribution in [-0.4, -0.2) is 68.5 Å². The van der Waals surface area contributed by atoms with Crippen LogP contribution in [0, 0.1) is 0 Å². The zero-order valence-corrected chi connectivity index (χ0v) is 13.4. The van der Waals surface area contributed by atoms with Gasteiger partial charge in [-0.3, -0.25) is 4.79 Å². The summed E-state index contributed by atoms with van der Waals surface area (Å²) in [6, 6.07) is 0. The second-order valence-electron chi connectivity index (χ2n) is 5.49. The Morgan fingerprint density at radius 1 is 0.913 bits per heavy atom. The van der Waals surface area contributed by atoms with E-state index in [0.29, 0.717) is 6.42 Å². The largest absolute Gasteiger partial charge is 0.394 e. The maximum atomic E-state index is 11.5. The van der Waals surface area contributed by atoms with Crippen molar-refractivity contribution in [2.45, 2.75) is 76.3 Å². The third-order valence-electron chi connectivity index (χ3n) is 3.45. The van der Waals surface area contributed by atoms with Crippen molar-refractivity contribution >= 4 is 11.9 Å². The van der Waals surface area contributed by atoms with Crippen LogP contribution in [0.25, 0.3) is 0 Å². The van der Waals surface area contributed by atoms with Gasteiger partial charge in [-0.05, 0) is 6.42 Å². The van der Waals surface area contributed by atoms with Gasteiger partial charge in [0, 0.05) is 6.42 Å². The highest BCUT2D eigenvalue weighted by Gasteiger charge is 2.35. The van der Waals surface area contributed by atoms with E-state index in [1.165, 1.54) is 0 Å². The summed E-state index contributed by atoms with van der Waals surface area (Å²) in [6.45, 7) is 1.23. The van der Waals surface area contributed by atoms with Crippen molar-refractivity contribution in [3.63, 3.8) is 0 Å². The van der Waals surface area contributed by atoms with Crippen LogP contribution in [-0.2, 0) is 14.3 Å². The van der Waals surface area contributed by atoms with Crippen molar-refractivity contribution in [3.8, 4) is 0 Å². The lowest BCUT2D eigenvalue weighted by molar-refractivity contribution is -0.176. The minimum atomic E-state index is -2.19. The van der Waals surface area contributed by atoms with Crippen LogP contribution >= 0.6 is 0 Å². The van der Waals surface area contributed by atoms with Gasteiger partial charge in [0.05, 0.1) is 6.61 Å². The Hall–Kier alpha value is -1.06. The van der Waals surface area contributed by atoms with Gasteiger partial charge < -0.3 is 30.3 Å². The maximum absolute atomic E-state index is 11.5. The van der Waals surface area contributed by atoms with Crippen molar-refractivity contribution in [2.24, 2.45) is 0 Å². The molecule has 8 nitrogen and oxygen atoms in total. The van der Waals surface area contributed by atoms with E-state index in [1.54, 1.807) is 0 Å². The summed E-state index contributed by atoms with van der Waals surface area (Å²) in [5.41, 5.74) is 0. The lowest BCUT2D eigenvalue weighted by Crippen LogP contribution is -2.49. The van der Waals surface area contributed by atoms with Gasteiger partial charge in [0.25, 0.3) is 0 Å². The van der Waals surface area contributed by atoms with E-state index in [4.69, 9.17) is 10.2 Å². The van der Waals surface area contributed by atoms with Crippen LogP contribution in [0.2, 0.25) is 0 Å². The molecule has 0 saturated carbocycles. The quantitative estimate of drug-likeness (QED) is 0.178. The molecule has 0 aromatic heterocycles. The summed E-state index contributed by atoms with van der Waals surface area (Å²) in [5, 5.41) is 46.1. The molecule has 5 N–H and O–H groups in total. The first kappa shape index (κ1) is 21.9. The van der Waals surface area contributed by atoms with E-state index >= 15 is 0 Å². The number of carbonyl (C=O) groups excluding carboxylic acids is 2. The third-order valence-corrected chi connectivity index (χ3v) is 3.45. The predicted octanol–water partition coefficient (Wildman–Crippen LogP) is -0.757. The number of aliphatic hydroxyl groups excluding tert-OH is 5. The molecule has 0 fully saturated rings. The number of rotatable bonds is 12. The van der Waals surface area contributed by atoms with Crippen molar-refractivity contribution in [2.75, 3.05) is 6.61 Å². The summed E-state index contributed by atoms with van der Waals surface area (Å²) in [5.74, 6) is -2.23. The first-order valence-electron chi connectivity index (χ1n) is 7.92. The fraction of sp³-hybridized carbons (Fsp3) is 0.867. The lowest BCUT2D eigenvalue weighted by Gasteiger charge is -2.24. The molecule has 0 saturated heterocycles. The first-order valence-corrected chi connectivity index (χ1v) is 7.92. The minimum Gasteiger partial charge on any atom is -0.394 e. The summed E-state index contributed by atoms with van der Waals surface area (Å²) in [4.78, 5) is 22.9. The van der Waals surface area contributed by atoms with Crippen molar-refractivity contribution < 1.29 is 39.9 Å². The molecule has 0 amide bonds. The number of esters is 2. The average Bonchev–Trinajstić information content (AvgIpc) is 2.54. The van der Waals surface area contributed by atoms with E-state index in [2.05, 4.69) is 11.7 Å². The molecule has 8 heteroatoms. The van der Waals surface area contributed by atoms with Crippen LogP contribution in [0.4, 0.5) is 0 Å². The van der Waals surface area contributed by atoms with Crippen LogP contribution in [0.3, 0.4) is 0 Å². The van der Waals surface area contributed by atoms with Gasteiger partial charge in [0.15, 0.2) is 6.10 Å². The van der Waals surface area contributed by atoms with Gasteiger partial charge in [0.1, 0.15) is 18.3 Å².